The molecule has 0 aliphatic carbocycles. The van der Waals surface area contributed by atoms with Crippen molar-refractivity contribution in [3.63, 3.8) is 0 Å². The van der Waals surface area contributed by atoms with Crippen molar-refractivity contribution in [3.05, 3.63) is 22.3 Å². The predicted octanol–water partition coefficient (Wildman–Crippen LogP) is 2.38. The van der Waals surface area contributed by atoms with Crippen LogP contribution in [0.15, 0.2) is 16.7 Å². The van der Waals surface area contributed by atoms with E-state index in [9.17, 15) is 0 Å². The topological polar surface area (TPSA) is 48.1 Å². The lowest BCUT2D eigenvalue weighted by Crippen LogP contribution is -2.26. The summed E-state index contributed by atoms with van der Waals surface area (Å²) in [6.45, 7) is 4.91. The first kappa shape index (κ1) is 12.5. The van der Waals surface area contributed by atoms with E-state index < -0.39 is 0 Å². The van der Waals surface area contributed by atoms with Gasteiger partial charge in [-0.1, -0.05) is 13.8 Å². The predicted molar refractivity (Wildman–Crippen MR) is 65.0 cm³/mol. The summed E-state index contributed by atoms with van der Waals surface area (Å²) in [5.41, 5.74) is 6.86. The van der Waals surface area contributed by atoms with Crippen molar-refractivity contribution in [2.24, 2.45) is 11.1 Å². The summed E-state index contributed by atoms with van der Waals surface area (Å²) in [5, 5.41) is 0. The molecule has 1 rings (SSSR count). The van der Waals surface area contributed by atoms with Gasteiger partial charge in [0.2, 0.25) is 5.88 Å². The van der Waals surface area contributed by atoms with Gasteiger partial charge in [-0.2, -0.15) is 0 Å². The van der Waals surface area contributed by atoms with Gasteiger partial charge in [-0.3, -0.25) is 0 Å². The zero-order valence-electron chi connectivity index (χ0n) is 9.38. The highest BCUT2D eigenvalue weighted by atomic mass is 79.9. The first-order valence-electron chi connectivity index (χ1n) is 4.87. The Bertz CT molecular complexity index is 339. The summed E-state index contributed by atoms with van der Waals surface area (Å²) in [6.07, 6.45) is 2.59. The highest BCUT2D eigenvalue weighted by Crippen LogP contribution is 2.27. The Labute approximate surface area is 99.2 Å². The van der Waals surface area contributed by atoms with E-state index in [0.717, 1.165) is 16.5 Å². The van der Waals surface area contributed by atoms with Crippen molar-refractivity contribution in [1.82, 2.24) is 4.98 Å². The van der Waals surface area contributed by atoms with Crippen LogP contribution in [0.4, 0.5) is 0 Å². The lowest BCUT2D eigenvalue weighted by atomic mass is 9.86. The van der Waals surface area contributed by atoms with Crippen molar-refractivity contribution < 1.29 is 4.74 Å². The van der Waals surface area contributed by atoms with E-state index in [0.29, 0.717) is 12.4 Å². The summed E-state index contributed by atoms with van der Waals surface area (Å²) >= 11 is 3.41. The van der Waals surface area contributed by atoms with Crippen LogP contribution < -0.4 is 10.5 Å². The summed E-state index contributed by atoms with van der Waals surface area (Å²) in [5.74, 6) is 0.680. The number of hydrogen-bond donors (Lipinski definition) is 1. The maximum Gasteiger partial charge on any atom is 0.216 e. The van der Waals surface area contributed by atoms with Gasteiger partial charge < -0.3 is 10.5 Å². The van der Waals surface area contributed by atoms with Gasteiger partial charge >= 0.3 is 0 Å². The van der Waals surface area contributed by atoms with E-state index in [2.05, 4.69) is 34.8 Å². The zero-order chi connectivity index (χ0) is 11.5. The minimum absolute atomic E-state index is 0.0652. The minimum atomic E-state index is 0.0652. The first-order chi connectivity index (χ1) is 6.98. The van der Waals surface area contributed by atoms with Gasteiger partial charge in [-0.15, -0.1) is 0 Å². The molecule has 1 heterocycles. The molecule has 1 aromatic heterocycles. The number of aromatic nitrogens is 1. The van der Waals surface area contributed by atoms with Gasteiger partial charge in [0.15, 0.2) is 0 Å². The van der Waals surface area contributed by atoms with Crippen LogP contribution >= 0.6 is 15.9 Å². The second-order valence-electron chi connectivity index (χ2n) is 4.37. The standard InChI is InChI=1S/C11H17BrN2O/c1-11(2,7-13)5-8-4-9(12)6-14-10(8)15-3/h4,6H,5,7,13H2,1-3H3. The molecule has 0 spiro atoms. The third-order valence-electron chi connectivity index (χ3n) is 2.31. The Balaban J connectivity index is 2.97. The average Bonchev–Trinajstić information content (AvgIpc) is 2.18. The first-order valence-corrected chi connectivity index (χ1v) is 5.66. The number of nitrogens with zero attached hydrogens (tertiary/aromatic N) is 1. The van der Waals surface area contributed by atoms with Crippen LogP contribution in [0.5, 0.6) is 5.88 Å². The third kappa shape index (κ3) is 3.47. The SMILES string of the molecule is COc1ncc(Br)cc1CC(C)(C)CN. The number of hydrogen-bond acceptors (Lipinski definition) is 3. The summed E-state index contributed by atoms with van der Waals surface area (Å²) in [4.78, 5) is 4.21. The largest absolute Gasteiger partial charge is 0.481 e. The Morgan fingerprint density at radius 1 is 1.53 bits per heavy atom. The normalized spacial score (nSPS) is 11.5. The van der Waals surface area contributed by atoms with Crippen molar-refractivity contribution in [1.29, 1.82) is 0 Å². The fourth-order valence-electron chi connectivity index (χ4n) is 1.37. The van der Waals surface area contributed by atoms with E-state index in [-0.39, 0.29) is 5.41 Å². The molecule has 0 radical (unpaired) electrons. The fourth-order valence-corrected chi connectivity index (χ4v) is 1.75. The van der Waals surface area contributed by atoms with Gasteiger partial charge in [0.25, 0.3) is 0 Å². The summed E-state index contributed by atoms with van der Waals surface area (Å²) < 4.78 is 6.18. The molecule has 1 aromatic rings. The van der Waals surface area contributed by atoms with Crippen LogP contribution in [0.25, 0.3) is 0 Å². The Morgan fingerprint density at radius 2 is 2.20 bits per heavy atom. The quantitative estimate of drug-likeness (QED) is 0.916. The number of pyridine rings is 1. The smallest absolute Gasteiger partial charge is 0.216 e. The molecule has 0 bridgehead atoms. The maximum atomic E-state index is 5.71. The highest BCUT2D eigenvalue weighted by Gasteiger charge is 2.19. The van der Waals surface area contributed by atoms with Crippen LogP contribution in [0, 0.1) is 5.41 Å². The average molecular weight is 273 g/mol. The molecular weight excluding hydrogens is 256 g/mol. The molecule has 3 nitrogen and oxygen atoms in total. The molecule has 0 unspecified atom stereocenters. The summed E-state index contributed by atoms with van der Waals surface area (Å²) in [7, 11) is 1.63. The number of halogens is 1. The van der Waals surface area contributed by atoms with Crippen LogP contribution in [-0.2, 0) is 6.42 Å². The lowest BCUT2D eigenvalue weighted by molar-refractivity contribution is 0.352. The number of methoxy groups -OCH3 is 1. The van der Waals surface area contributed by atoms with Crippen molar-refractivity contribution in [2.45, 2.75) is 20.3 Å². The maximum absolute atomic E-state index is 5.71. The molecule has 0 aromatic carbocycles. The van der Waals surface area contributed by atoms with Gasteiger partial charge in [-0.25, -0.2) is 4.98 Å². The van der Waals surface area contributed by atoms with Gasteiger partial charge in [0.1, 0.15) is 0 Å². The molecule has 4 heteroatoms. The minimum Gasteiger partial charge on any atom is -0.481 e. The van der Waals surface area contributed by atoms with E-state index in [1.54, 1.807) is 13.3 Å². The number of rotatable bonds is 4. The molecule has 0 saturated carbocycles. The molecular formula is C11H17BrN2O. The van der Waals surface area contributed by atoms with Crippen molar-refractivity contribution in [2.75, 3.05) is 13.7 Å². The van der Waals surface area contributed by atoms with Crippen molar-refractivity contribution in [3.8, 4) is 5.88 Å². The van der Waals surface area contributed by atoms with E-state index in [4.69, 9.17) is 10.5 Å². The van der Waals surface area contributed by atoms with Gasteiger partial charge in [-0.05, 0) is 40.4 Å². The second-order valence-corrected chi connectivity index (χ2v) is 5.28. The molecule has 0 saturated heterocycles. The van der Waals surface area contributed by atoms with Gasteiger partial charge in [0.05, 0.1) is 7.11 Å². The molecule has 2 N–H and O–H groups in total. The van der Waals surface area contributed by atoms with Gasteiger partial charge in [0, 0.05) is 16.2 Å². The second kappa shape index (κ2) is 4.94. The number of ether oxygens (including phenoxy) is 1. The monoisotopic (exact) mass is 272 g/mol. The van der Waals surface area contributed by atoms with Crippen LogP contribution in [-0.4, -0.2) is 18.6 Å². The Kier molecular flexibility index (Phi) is 4.11. The molecule has 15 heavy (non-hydrogen) atoms. The molecule has 0 atom stereocenters. The Morgan fingerprint density at radius 3 is 2.73 bits per heavy atom. The molecule has 0 amide bonds. The fraction of sp³-hybridized carbons (Fsp3) is 0.545. The van der Waals surface area contributed by atoms with Crippen LogP contribution in [0.2, 0.25) is 0 Å². The van der Waals surface area contributed by atoms with Crippen LogP contribution in [0.1, 0.15) is 19.4 Å². The zero-order valence-corrected chi connectivity index (χ0v) is 11.0. The third-order valence-corrected chi connectivity index (χ3v) is 2.74. The van der Waals surface area contributed by atoms with E-state index >= 15 is 0 Å². The molecule has 0 aliphatic rings. The molecule has 0 aliphatic heterocycles. The van der Waals surface area contributed by atoms with E-state index in [1.165, 1.54) is 0 Å². The molecule has 0 fully saturated rings. The molecule has 84 valence electrons. The lowest BCUT2D eigenvalue weighted by Gasteiger charge is -2.23. The van der Waals surface area contributed by atoms with E-state index in [1.807, 2.05) is 6.07 Å². The van der Waals surface area contributed by atoms with Crippen LogP contribution in [0.3, 0.4) is 0 Å². The highest BCUT2D eigenvalue weighted by molar-refractivity contribution is 9.10. The summed E-state index contributed by atoms with van der Waals surface area (Å²) in [6, 6.07) is 2.03. The number of nitrogens with two attached hydrogens (primary N) is 1. The van der Waals surface area contributed by atoms with Crippen molar-refractivity contribution >= 4 is 15.9 Å². The Hall–Kier alpha value is -0.610.